The third-order valence-electron chi connectivity index (χ3n) is 2.77. The zero-order valence-electron chi connectivity index (χ0n) is 9.49. The molecule has 0 amide bonds. The molecule has 3 N–H and O–H groups in total. The van der Waals surface area contributed by atoms with Gasteiger partial charge in [0.25, 0.3) is 0 Å². The second-order valence-corrected chi connectivity index (χ2v) is 3.83. The molecule has 2 heterocycles. The normalized spacial score (nSPS) is 20.1. The number of aromatic nitrogens is 1. The number of pyridine rings is 1. The number of hydrogen-bond acceptors (Lipinski definition) is 5. The highest BCUT2D eigenvalue weighted by Crippen LogP contribution is 2.19. The molecule has 0 radical (unpaired) electrons. The first-order valence-corrected chi connectivity index (χ1v) is 5.53. The van der Waals surface area contributed by atoms with E-state index in [9.17, 15) is 0 Å². The Labute approximate surface area is 99.7 Å². The van der Waals surface area contributed by atoms with E-state index in [1.807, 2.05) is 18.2 Å². The largest absolute Gasteiger partial charge is 0.409 e. The van der Waals surface area contributed by atoms with Gasteiger partial charge in [0.05, 0.1) is 18.9 Å². The summed E-state index contributed by atoms with van der Waals surface area (Å²) < 4.78 is 5.29. The van der Waals surface area contributed by atoms with Crippen LogP contribution in [0.2, 0.25) is 0 Å². The summed E-state index contributed by atoms with van der Waals surface area (Å²) in [6.07, 6.45) is 1.70. The van der Waals surface area contributed by atoms with Crippen molar-refractivity contribution in [2.24, 2.45) is 10.9 Å². The van der Waals surface area contributed by atoms with Crippen molar-refractivity contribution >= 4 is 5.84 Å². The van der Waals surface area contributed by atoms with Crippen LogP contribution >= 0.6 is 0 Å². The van der Waals surface area contributed by atoms with Gasteiger partial charge in [0.1, 0.15) is 6.04 Å². The van der Waals surface area contributed by atoms with E-state index >= 15 is 0 Å². The molecule has 92 valence electrons. The number of hydrogen-bond donors (Lipinski definition) is 2. The first kappa shape index (κ1) is 11.8. The van der Waals surface area contributed by atoms with Gasteiger partial charge in [-0.2, -0.15) is 0 Å². The van der Waals surface area contributed by atoms with Crippen molar-refractivity contribution in [3.8, 4) is 0 Å². The summed E-state index contributed by atoms with van der Waals surface area (Å²) in [6, 6.07) is 5.31. The van der Waals surface area contributed by atoms with Crippen molar-refractivity contribution in [3.05, 3.63) is 30.1 Å². The standard InChI is InChI=1S/C11H16N4O2/c12-11(14-16)10(9-3-1-2-4-13-9)15-5-7-17-8-6-15/h1-4,10,16H,5-8H2,(H2,12,14)/t10-/m1/s1. The maximum absolute atomic E-state index is 8.87. The minimum Gasteiger partial charge on any atom is -0.409 e. The van der Waals surface area contributed by atoms with Crippen LogP contribution in [-0.2, 0) is 4.74 Å². The summed E-state index contributed by atoms with van der Waals surface area (Å²) in [5.74, 6) is 0.158. The van der Waals surface area contributed by atoms with Gasteiger partial charge in [0.2, 0.25) is 0 Å². The molecule has 6 heteroatoms. The van der Waals surface area contributed by atoms with Gasteiger partial charge in [-0.1, -0.05) is 11.2 Å². The lowest BCUT2D eigenvalue weighted by atomic mass is 10.1. The Morgan fingerprint density at radius 3 is 2.82 bits per heavy atom. The average Bonchev–Trinajstić information content (AvgIpc) is 2.41. The van der Waals surface area contributed by atoms with E-state index in [4.69, 9.17) is 15.7 Å². The van der Waals surface area contributed by atoms with E-state index in [0.717, 1.165) is 18.8 Å². The van der Waals surface area contributed by atoms with Crippen LogP contribution in [0.15, 0.2) is 29.6 Å². The quantitative estimate of drug-likeness (QED) is 0.339. The van der Waals surface area contributed by atoms with Crippen LogP contribution in [0, 0.1) is 0 Å². The number of rotatable bonds is 3. The Kier molecular flexibility index (Phi) is 3.89. The molecule has 0 bridgehead atoms. The molecule has 17 heavy (non-hydrogen) atoms. The summed E-state index contributed by atoms with van der Waals surface area (Å²) in [5, 5.41) is 12.0. The Balaban J connectivity index is 2.25. The summed E-state index contributed by atoms with van der Waals surface area (Å²) >= 11 is 0. The van der Waals surface area contributed by atoms with Crippen LogP contribution in [0.3, 0.4) is 0 Å². The molecule has 0 aliphatic carbocycles. The summed E-state index contributed by atoms with van der Waals surface area (Å²) in [4.78, 5) is 6.37. The van der Waals surface area contributed by atoms with Crippen LogP contribution in [0.5, 0.6) is 0 Å². The molecule has 1 aliphatic rings. The van der Waals surface area contributed by atoms with E-state index in [2.05, 4.69) is 15.0 Å². The number of morpholine rings is 1. The highest BCUT2D eigenvalue weighted by atomic mass is 16.5. The van der Waals surface area contributed by atoms with Crippen LogP contribution in [0.25, 0.3) is 0 Å². The van der Waals surface area contributed by atoms with Gasteiger partial charge >= 0.3 is 0 Å². The zero-order valence-corrected chi connectivity index (χ0v) is 9.49. The molecule has 0 spiro atoms. The van der Waals surface area contributed by atoms with Crippen molar-refractivity contribution < 1.29 is 9.94 Å². The van der Waals surface area contributed by atoms with E-state index in [0.29, 0.717) is 13.2 Å². The van der Waals surface area contributed by atoms with Crippen molar-refractivity contribution in [1.82, 2.24) is 9.88 Å². The monoisotopic (exact) mass is 236 g/mol. The summed E-state index contributed by atoms with van der Waals surface area (Å²) in [6.45, 7) is 2.80. The first-order chi connectivity index (χ1) is 8.33. The van der Waals surface area contributed by atoms with E-state index < -0.39 is 0 Å². The molecule has 1 atom stereocenters. The van der Waals surface area contributed by atoms with Gasteiger partial charge in [0, 0.05) is 19.3 Å². The molecule has 1 aromatic rings. The molecule has 1 aliphatic heterocycles. The van der Waals surface area contributed by atoms with Crippen LogP contribution in [-0.4, -0.2) is 47.2 Å². The first-order valence-electron chi connectivity index (χ1n) is 5.53. The molecule has 0 aromatic carbocycles. The molecule has 1 aromatic heterocycles. The fraction of sp³-hybridized carbons (Fsp3) is 0.455. The Bertz CT molecular complexity index is 376. The van der Waals surface area contributed by atoms with Crippen molar-refractivity contribution in [2.45, 2.75) is 6.04 Å². The molecule has 1 fully saturated rings. The summed E-state index contributed by atoms with van der Waals surface area (Å²) in [7, 11) is 0. The second kappa shape index (κ2) is 5.60. The lowest BCUT2D eigenvalue weighted by Crippen LogP contribution is -2.44. The van der Waals surface area contributed by atoms with Gasteiger partial charge in [-0.25, -0.2) is 0 Å². The van der Waals surface area contributed by atoms with Crippen LogP contribution in [0.4, 0.5) is 0 Å². The molecule has 6 nitrogen and oxygen atoms in total. The number of ether oxygens (including phenoxy) is 1. The lowest BCUT2D eigenvalue weighted by molar-refractivity contribution is 0.0273. The van der Waals surface area contributed by atoms with Crippen molar-refractivity contribution in [1.29, 1.82) is 0 Å². The Morgan fingerprint density at radius 1 is 1.47 bits per heavy atom. The molecule has 1 saturated heterocycles. The lowest BCUT2D eigenvalue weighted by Gasteiger charge is -2.33. The minimum absolute atomic E-state index is 0.158. The Hall–Kier alpha value is -1.66. The topological polar surface area (TPSA) is 84.0 Å². The van der Waals surface area contributed by atoms with Crippen molar-refractivity contribution in [2.75, 3.05) is 26.3 Å². The van der Waals surface area contributed by atoms with E-state index in [1.165, 1.54) is 0 Å². The molecule has 2 rings (SSSR count). The molecule has 0 saturated carbocycles. The fourth-order valence-electron chi connectivity index (χ4n) is 1.95. The molecular formula is C11H16N4O2. The number of amidine groups is 1. The summed E-state index contributed by atoms with van der Waals surface area (Å²) in [5.41, 5.74) is 6.54. The number of nitrogens with zero attached hydrogens (tertiary/aromatic N) is 3. The van der Waals surface area contributed by atoms with E-state index in [1.54, 1.807) is 6.20 Å². The van der Waals surface area contributed by atoms with E-state index in [-0.39, 0.29) is 11.9 Å². The third-order valence-corrected chi connectivity index (χ3v) is 2.77. The second-order valence-electron chi connectivity index (χ2n) is 3.83. The predicted octanol–water partition coefficient (Wildman–Crippen LogP) is 0.201. The highest BCUT2D eigenvalue weighted by molar-refractivity contribution is 5.86. The maximum Gasteiger partial charge on any atom is 0.162 e. The van der Waals surface area contributed by atoms with Gasteiger partial charge in [-0.15, -0.1) is 0 Å². The van der Waals surface area contributed by atoms with Gasteiger partial charge < -0.3 is 15.7 Å². The number of nitrogens with two attached hydrogens (primary N) is 1. The van der Waals surface area contributed by atoms with Gasteiger partial charge in [-0.3, -0.25) is 9.88 Å². The molecule has 0 unspecified atom stereocenters. The molecular weight excluding hydrogens is 220 g/mol. The van der Waals surface area contributed by atoms with Gasteiger partial charge in [-0.05, 0) is 12.1 Å². The predicted molar refractivity (Wildman–Crippen MR) is 62.8 cm³/mol. The van der Waals surface area contributed by atoms with Crippen LogP contribution in [0.1, 0.15) is 11.7 Å². The smallest absolute Gasteiger partial charge is 0.162 e. The third kappa shape index (κ3) is 2.72. The zero-order chi connectivity index (χ0) is 12.1. The van der Waals surface area contributed by atoms with Gasteiger partial charge in [0.15, 0.2) is 5.84 Å². The highest BCUT2D eigenvalue weighted by Gasteiger charge is 2.27. The minimum atomic E-state index is -0.287. The van der Waals surface area contributed by atoms with Crippen LogP contribution < -0.4 is 5.73 Å². The maximum atomic E-state index is 8.87. The SMILES string of the molecule is NC(=NO)[C@@H](c1ccccn1)N1CCOCC1. The average molecular weight is 236 g/mol. The fourth-order valence-corrected chi connectivity index (χ4v) is 1.95. The number of oxime groups is 1. The Morgan fingerprint density at radius 2 is 2.24 bits per heavy atom. The van der Waals surface area contributed by atoms with Crippen molar-refractivity contribution in [3.63, 3.8) is 0 Å².